The van der Waals surface area contributed by atoms with E-state index < -0.39 is 0 Å². The minimum atomic E-state index is -0.268. The first-order valence-corrected chi connectivity index (χ1v) is 10.0. The molecule has 2 aromatic carbocycles. The predicted octanol–water partition coefficient (Wildman–Crippen LogP) is 5.07. The number of aromatic amines is 2. The predicted molar refractivity (Wildman–Crippen MR) is 120 cm³/mol. The molecule has 32 heavy (non-hydrogen) atoms. The Morgan fingerprint density at radius 3 is 2.69 bits per heavy atom. The fourth-order valence-corrected chi connectivity index (χ4v) is 3.94. The lowest BCUT2D eigenvalue weighted by atomic mass is 10.0. The van der Waals surface area contributed by atoms with Gasteiger partial charge in [0.15, 0.2) is 5.82 Å². The summed E-state index contributed by atoms with van der Waals surface area (Å²) in [5.74, 6) is 0.346. The number of imidazole rings is 1. The number of hydrogen-bond acceptors (Lipinski definition) is 5. The minimum absolute atomic E-state index is 0.268. The van der Waals surface area contributed by atoms with Crippen molar-refractivity contribution in [3.63, 3.8) is 0 Å². The van der Waals surface area contributed by atoms with Crippen molar-refractivity contribution in [1.29, 1.82) is 0 Å². The van der Waals surface area contributed by atoms with Gasteiger partial charge in [-0.2, -0.15) is 5.10 Å². The van der Waals surface area contributed by atoms with Crippen molar-refractivity contribution >= 4 is 21.9 Å². The number of aromatic nitrogens is 7. The van der Waals surface area contributed by atoms with Crippen LogP contribution in [0.2, 0.25) is 0 Å². The first-order chi connectivity index (χ1) is 15.7. The van der Waals surface area contributed by atoms with E-state index in [1.807, 2.05) is 37.3 Å². The molecular formula is C24H16FN7. The number of nitrogens with one attached hydrogen (secondary N) is 2. The van der Waals surface area contributed by atoms with Crippen molar-refractivity contribution in [1.82, 2.24) is 35.1 Å². The molecule has 0 aliphatic heterocycles. The molecule has 4 heterocycles. The fraction of sp³-hybridized carbons (Fsp3) is 0.0417. The molecule has 0 atom stereocenters. The molecule has 0 fully saturated rings. The third-order valence-electron chi connectivity index (χ3n) is 5.36. The Kier molecular flexibility index (Phi) is 4.04. The maximum absolute atomic E-state index is 14.0. The Morgan fingerprint density at radius 1 is 0.906 bits per heavy atom. The second-order valence-corrected chi connectivity index (χ2v) is 7.58. The second kappa shape index (κ2) is 7.05. The summed E-state index contributed by atoms with van der Waals surface area (Å²) in [6.45, 7) is 1.88. The molecule has 6 rings (SSSR count). The highest BCUT2D eigenvalue weighted by Gasteiger charge is 2.16. The van der Waals surface area contributed by atoms with Gasteiger partial charge in [0.2, 0.25) is 0 Å². The summed E-state index contributed by atoms with van der Waals surface area (Å²) in [7, 11) is 0. The first-order valence-electron chi connectivity index (χ1n) is 10.0. The Hall–Kier alpha value is -4.46. The number of rotatable bonds is 3. The lowest BCUT2D eigenvalue weighted by Gasteiger charge is -2.04. The highest BCUT2D eigenvalue weighted by Crippen LogP contribution is 2.32. The van der Waals surface area contributed by atoms with Crippen molar-refractivity contribution in [3.8, 4) is 34.0 Å². The number of benzene rings is 2. The van der Waals surface area contributed by atoms with Crippen molar-refractivity contribution in [3.05, 3.63) is 78.6 Å². The maximum atomic E-state index is 14.0. The quantitative estimate of drug-likeness (QED) is 0.416. The lowest BCUT2D eigenvalue weighted by molar-refractivity contribution is 0.627. The molecule has 7 nitrogen and oxygen atoms in total. The molecule has 8 heteroatoms. The Labute approximate surface area is 181 Å². The van der Waals surface area contributed by atoms with Crippen LogP contribution in [0.5, 0.6) is 0 Å². The SMILES string of the molecule is Cc1cc(F)cc(-c2cccc3[nH]c(-c4n[nH]c5cnc(-c6cnccn6)cc45)nc23)c1. The zero-order valence-corrected chi connectivity index (χ0v) is 17.0. The number of hydrogen-bond donors (Lipinski definition) is 2. The molecule has 0 radical (unpaired) electrons. The molecule has 154 valence electrons. The van der Waals surface area contributed by atoms with Gasteiger partial charge < -0.3 is 4.98 Å². The fourth-order valence-electron chi connectivity index (χ4n) is 3.94. The summed E-state index contributed by atoms with van der Waals surface area (Å²) < 4.78 is 14.0. The summed E-state index contributed by atoms with van der Waals surface area (Å²) in [6, 6.07) is 12.7. The zero-order chi connectivity index (χ0) is 21.7. The van der Waals surface area contributed by atoms with Gasteiger partial charge in [0.25, 0.3) is 0 Å². The molecule has 0 bridgehead atoms. The molecule has 0 spiro atoms. The summed E-state index contributed by atoms with van der Waals surface area (Å²) in [5.41, 5.74) is 6.93. The summed E-state index contributed by atoms with van der Waals surface area (Å²) in [5, 5.41) is 8.35. The highest BCUT2D eigenvalue weighted by atomic mass is 19.1. The lowest BCUT2D eigenvalue weighted by Crippen LogP contribution is -1.88. The van der Waals surface area contributed by atoms with Gasteiger partial charge in [-0.05, 0) is 42.3 Å². The van der Waals surface area contributed by atoms with Gasteiger partial charge in [-0.3, -0.25) is 20.1 Å². The molecule has 0 amide bonds. The van der Waals surface area contributed by atoms with Crippen LogP contribution in [0.25, 0.3) is 56.0 Å². The van der Waals surface area contributed by atoms with E-state index in [9.17, 15) is 4.39 Å². The van der Waals surface area contributed by atoms with Crippen LogP contribution in [0.3, 0.4) is 0 Å². The Morgan fingerprint density at radius 2 is 1.84 bits per heavy atom. The minimum Gasteiger partial charge on any atom is -0.337 e. The van der Waals surface area contributed by atoms with Crippen molar-refractivity contribution in [2.24, 2.45) is 0 Å². The van der Waals surface area contributed by atoms with Gasteiger partial charge >= 0.3 is 0 Å². The second-order valence-electron chi connectivity index (χ2n) is 7.58. The molecule has 0 saturated carbocycles. The van der Waals surface area contributed by atoms with Gasteiger partial charge in [0.05, 0.1) is 34.6 Å². The summed E-state index contributed by atoms with van der Waals surface area (Å²) in [4.78, 5) is 21.1. The number of H-pyrrole nitrogens is 2. The molecule has 0 aliphatic carbocycles. The molecule has 0 unspecified atom stereocenters. The van der Waals surface area contributed by atoms with Crippen LogP contribution in [0, 0.1) is 12.7 Å². The van der Waals surface area contributed by atoms with Crippen LogP contribution in [0.1, 0.15) is 5.56 Å². The van der Waals surface area contributed by atoms with Gasteiger partial charge in [-0.1, -0.05) is 18.2 Å². The van der Waals surface area contributed by atoms with Crippen molar-refractivity contribution in [2.75, 3.05) is 0 Å². The third-order valence-corrected chi connectivity index (χ3v) is 5.36. The van der Waals surface area contributed by atoms with Crippen LogP contribution < -0.4 is 0 Å². The Bertz CT molecular complexity index is 1580. The van der Waals surface area contributed by atoms with E-state index in [1.54, 1.807) is 24.8 Å². The monoisotopic (exact) mass is 421 g/mol. The van der Waals surface area contributed by atoms with Crippen LogP contribution >= 0.6 is 0 Å². The first kappa shape index (κ1) is 18.3. The van der Waals surface area contributed by atoms with E-state index in [-0.39, 0.29) is 5.82 Å². The van der Waals surface area contributed by atoms with E-state index >= 15 is 0 Å². The van der Waals surface area contributed by atoms with Crippen LogP contribution in [-0.2, 0) is 0 Å². The van der Waals surface area contributed by atoms with Crippen molar-refractivity contribution < 1.29 is 4.39 Å². The van der Waals surface area contributed by atoms with E-state index in [2.05, 4.69) is 30.1 Å². The van der Waals surface area contributed by atoms with Gasteiger partial charge in [-0.15, -0.1) is 0 Å². The van der Waals surface area contributed by atoms with Crippen LogP contribution in [0.4, 0.5) is 4.39 Å². The molecule has 6 aromatic rings. The molecule has 0 saturated heterocycles. The smallest absolute Gasteiger partial charge is 0.159 e. The standard InChI is InChI=1S/C24H16FN7/c1-13-7-14(9-15(25)8-13)16-3-2-4-18-22(16)30-24(29-18)23-17-10-19(21-11-26-5-6-27-21)28-12-20(17)31-32-23/h2-12H,1H3,(H,29,30)(H,31,32). The van der Waals surface area contributed by atoms with E-state index in [4.69, 9.17) is 4.98 Å². The average molecular weight is 421 g/mol. The summed E-state index contributed by atoms with van der Waals surface area (Å²) in [6.07, 6.45) is 6.64. The van der Waals surface area contributed by atoms with Gasteiger partial charge in [0.1, 0.15) is 17.2 Å². The number of nitrogens with zero attached hydrogens (tertiary/aromatic N) is 5. The molecule has 0 aliphatic rings. The van der Waals surface area contributed by atoms with Gasteiger partial charge in [-0.25, -0.2) is 9.37 Å². The third kappa shape index (κ3) is 3.01. The maximum Gasteiger partial charge on any atom is 0.159 e. The van der Waals surface area contributed by atoms with E-state index in [1.165, 1.54) is 12.1 Å². The molecule has 4 aromatic heterocycles. The highest BCUT2D eigenvalue weighted by molar-refractivity contribution is 5.97. The normalized spacial score (nSPS) is 11.4. The van der Waals surface area contributed by atoms with Crippen molar-refractivity contribution in [2.45, 2.75) is 6.92 Å². The molecule has 2 N–H and O–H groups in total. The number of fused-ring (bicyclic) bond motifs is 2. The number of para-hydroxylation sites is 1. The number of pyridine rings is 1. The largest absolute Gasteiger partial charge is 0.337 e. The van der Waals surface area contributed by atoms with Gasteiger partial charge in [0, 0.05) is 23.3 Å². The topological polar surface area (TPSA) is 96.0 Å². The van der Waals surface area contributed by atoms with Crippen LogP contribution in [0.15, 0.2) is 67.3 Å². The van der Waals surface area contributed by atoms with Crippen LogP contribution in [-0.4, -0.2) is 35.1 Å². The van der Waals surface area contributed by atoms with E-state index in [0.717, 1.165) is 38.6 Å². The zero-order valence-electron chi connectivity index (χ0n) is 17.0. The van der Waals surface area contributed by atoms with E-state index in [0.29, 0.717) is 22.9 Å². The molecular weight excluding hydrogens is 405 g/mol. The Balaban J connectivity index is 1.52. The summed E-state index contributed by atoms with van der Waals surface area (Å²) >= 11 is 0. The number of aryl methyl sites for hydroxylation is 1. The number of halogens is 1. The average Bonchev–Trinajstić information content (AvgIpc) is 3.42.